The smallest absolute Gasteiger partial charge is 0.251 e. The number of hydrogen-bond donors (Lipinski definition) is 2. The molecule has 0 aromatic heterocycles. The average molecular weight is 417 g/mol. The number of nitrogens with one attached hydrogen (secondary N) is 2. The van der Waals surface area contributed by atoms with Crippen LogP contribution in [-0.2, 0) is 24.6 Å². The lowest BCUT2D eigenvalue weighted by Crippen LogP contribution is -2.41. The molecule has 27 heavy (non-hydrogen) atoms. The van der Waals surface area contributed by atoms with Crippen molar-refractivity contribution in [1.82, 2.24) is 10.0 Å². The Hall–Kier alpha value is -1.49. The molecular weight excluding hydrogens is 392 g/mol. The molecule has 150 valence electrons. The summed E-state index contributed by atoms with van der Waals surface area (Å²) < 4.78 is 56.1. The van der Waals surface area contributed by atoms with Gasteiger partial charge in [-0.15, -0.1) is 0 Å². The Kier molecular flexibility index (Phi) is 5.90. The fraction of sp³-hybridized carbons (Fsp3) is 0.588. The zero-order valence-corrected chi connectivity index (χ0v) is 16.7. The summed E-state index contributed by atoms with van der Waals surface area (Å²) in [5.74, 6) is -0.604. The molecule has 10 heteroatoms. The van der Waals surface area contributed by atoms with Crippen molar-refractivity contribution < 1.29 is 26.4 Å². The van der Waals surface area contributed by atoms with Gasteiger partial charge in [-0.25, -0.2) is 21.6 Å². The van der Waals surface area contributed by atoms with Crippen molar-refractivity contribution in [3.05, 3.63) is 29.8 Å². The van der Waals surface area contributed by atoms with Crippen LogP contribution in [0.1, 0.15) is 36.5 Å². The molecule has 2 heterocycles. The quantitative estimate of drug-likeness (QED) is 0.695. The van der Waals surface area contributed by atoms with E-state index in [-0.39, 0.29) is 46.4 Å². The fourth-order valence-electron chi connectivity index (χ4n) is 3.36. The number of sulfone groups is 1. The number of hydrogen-bond acceptors (Lipinski definition) is 6. The maximum Gasteiger partial charge on any atom is 0.251 e. The molecule has 2 fully saturated rings. The van der Waals surface area contributed by atoms with Crippen LogP contribution in [-0.4, -0.2) is 59.0 Å². The molecule has 1 amide bonds. The van der Waals surface area contributed by atoms with E-state index in [4.69, 9.17) is 4.74 Å². The lowest BCUT2D eigenvalue weighted by molar-refractivity contribution is 0.0712. The second kappa shape index (κ2) is 7.86. The van der Waals surface area contributed by atoms with E-state index >= 15 is 0 Å². The third-order valence-corrected chi connectivity index (χ3v) is 8.13. The molecule has 1 aromatic carbocycles. The second-order valence-corrected chi connectivity index (χ2v) is 11.0. The molecule has 0 bridgehead atoms. The molecule has 2 N–H and O–H groups in total. The van der Waals surface area contributed by atoms with Crippen molar-refractivity contribution in [1.29, 1.82) is 0 Å². The van der Waals surface area contributed by atoms with E-state index in [9.17, 15) is 21.6 Å². The van der Waals surface area contributed by atoms with Crippen LogP contribution >= 0.6 is 0 Å². The van der Waals surface area contributed by atoms with Crippen LogP contribution in [0.5, 0.6) is 0 Å². The molecule has 2 saturated heterocycles. The van der Waals surface area contributed by atoms with Gasteiger partial charge in [0, 0.05) is 18.2 Å². The number of sulfonamides is 1. The van der Waals surface area contributed by atoms with Gasteiger partial charge in [0.25, 0.3) is 5.91 Å². The standard InChI is InChI=1S/C17H24N2O6S2/c1-12(16-6-3-8-25-16)18-17(20)13-4-2-5-15(10-13)27(23,24)19-14-7-9-26(21,22)11-14/h2,4-5,10,12,14,16,19H,3,6-9,11H2,1H3,(H,18,20). The average Bonchev–Trinajstić information content (AvgIpc) is 3.24. The summed E-state index contributed by atoms with van der Waals surface area (Å²) in [5.41, 5.74) is 0.224. The minimum absolute atomic E-state index is 0.0240. The molecule has 2 aliphatic heterocycles. The summed E-state index contributed by atoms with van der Waals surface area (Å²) in [6.07, 6.45) is 2.05. The molecular formula is C17H24N2O6S2. The summed E-state index contributed by atoms with van der Waals surface area (Å²) in [6, 6.07) is 4.89. The van der Waals surface area contributed by atoms with Crippen molar-refractivity contribution in [2.45, 2.75) is 49.3 Å². The highest BCUT2D eigenvalue weighted by Gasteiger charge is 2.31. The third kappa shape index (κ3) is 5.07. The molecule has 0 spiro atoms. The number of ether oxygens (including phenoxy) is 1. The van der Waals surface area contributed by atoms with E-state index in [0.29, 0.717) is 6.61 Å². The van der Waals surface area contributed by atoms with Crippen LogP contribution in [0.25, 0.3) is 0 Å². The van der Waals surface area contributed by atoms with Gasteiger partial charge in [-0.3, -0.25) is 4.79 Å². The first-order chi connectivity index (χ1) is 12.7. The van der Waals surface area contributed by atoms with Crippen LogP contribution in [0.2, 0.25) is 0 Å². The molecule has 1 aromatic rings. The Bertz CT molecular complexity index is 907. The molecule has 3 rings (SSSR count). The maximum absolute atomic E-state index is 12.5. The minimum Gasteiger partial charge on any atom is -0.376 e. The molecule has 0 radical (unpaired) electrons. The highest BCUT2D eigenvalue weighted by molar-refractivity contribution is 7.92. The first kappa shape index (κ1) is 20.2. The number of amides is 1. The van der Waals surface area contributed by atoms with E-state index in [1.54, 1.807) is 0 Å². The van der Waals surface area contributed by atoms with Crippen LogP contribution in [0.3, 0.4) is 0 Å². The van der Waals surface area contributed by atoms with Gasteiger partial charge in [0.1, 0.15) is 0 Å². The van der Waals surface area contributed by atoms with Gasteiger partial charge in [0.2, 0.25) is 10.0 Å². The normalized spacial score (nSPS) is 26.0. The van der Waals surface area contributed by atoms with Crippen molar-refractivity contribution >= 4 is 25.8 Å². The number of rotatable bonds is 6. The van der Waals surface area contributed by atoms with Gasteiger partial charge in [0.15, 0.2) is 9.84 Å². The number of benzene rings is 1. The van der Waals surface area contributed by atoms with E-state index in [1.807, 2.05) is 6.92 Å². The lowest BCUT2D eigenvalue weighted by Gasteiger charge is -2.20. The van der Waals surface area contributed by atoms with Crippen molar-refractivity contribution in [3.63, 3.8) is 0 Å². The number of carbonyl (C=O) groups excluding carboxylic acids is 1. The summed E-state index contributed by atoms with van der Waals surface area (Å²) in [5, 5.41) is 2.84. The number of carbonyl (C=O) groups is 1. The van der Waals surface area contributed by atoms with Crippen molar-refractivity contribution in [3.8, 4) is 0 Å². The second-order valence-electron chi connectivity index (χ2n) is 7.06. The molecule has 0 saturated carbocycles. The highest BCUT2D eigenvalue weighted by atomic mass is 32.2. The Morgan fingerprint density at radius 1 is 1.30 bits per heavy atom. The maximum atomic E-state index is 12.5. The zero-order valence-electron chi connectivity index (χ0n) is 15.1. The summed E-state index contributed by atoms with van der Waals surface area (Å²) in [6.45, 7) is 2.54. The minimum atomic E-state index is -3.91. The van der Waals surface area contributed by atoms with Crippen LogP contribution in [0, 0.1) is 0 Å². The molecule has 2 aliphatic rings. The summed E-state index contributed by atoms with van der Waals surface area (Å²) >= 11 is 0. The topological polar surface area (TPSA) is 119 Å². The van der Waals surface area contributed by atoms with Crippen LogP contribution in [0.4, 0.5) is 0 Å². The Morgan fingerprint density at radius 3 is 2.70 bits per heavy atom. The Labute approximate surface area is 159 Å². The van der Waals surface area contributed by atoms with Gasteiger partial charge < -0.3 is 10.1 Å². The van der Waals surface area contributed by atoms with Crippen molar-refractivity contribution in [2.24, 2.45) is 0 Å². The third-order valence-electron chi connectivity index (χ3n) is 4.84. The molecule has 0 aliphatic carbocycles. The first-order valence-corrected chi connectivity index (χ1v) is 12.2. The van der Waals surface area contributed by atoms with Gasteiger partial charge in [-0.1, -0.05) is 6.07 Å². The first-order valence-electron chi connectivity index (χ1n) is 8.91. The van der Waals surface area contributed by atoms with Crippen LogP contribution < -0.4 is 10.0 Å². The SMILES string of the molecule is CC(NC(=O)c1cccc(S(=O)(=O)NC2CCS(=O)(=O)C2)c1)C1CCCO1. The highest BCUT2D eigenvalue weighted by Crippen LogP contribution is 2.18. The van der Waals surface area contributed by atoms with E-state index in [1.165, 1.54) is 24.3 Å². The molecule has 8 nitrogen and oxygen atoms in total. The largest absolute Gasteiger partial charge is 0.376 e. The van der Waals surface area contributed by atoms with E-state index in [2.05, 4.69) is 10.0 Å². The molecule has 3 unspecified atom stereocenters. The monoisotopic (exact) mass is 416 g/mol. The Morgan fingerprint density at radius 2 is 2.07 bits per heavy atom. The summed E-state index contributed by atoms with van der Waals surface area (Å²) in [4.78, 5) is 12.4. The fourth-order valence-corrected chi connectivity index (χ4v) is 6.45. The van der Waals surface area contributed by atoms with Gasteiger partial charge >= 0.3 is 0 Å². The van der Waals surface area contributed by atoms with Crippen molar-refractivity contribution in [2.75, 3.05) is 18.1 Å². The van der Waals surface area contributed by atoms with E-state index in [0.717, 1.165) is 12.8 Å². The van der Waals surface area contributed by atoms with Gasteiger partial charge in [0.05, 0.1) is 28.5 Å². The van der Waals surface area contributed by atoms with Gasteiger partial charge in [-0.05, 0) is 44.4 Å². The predicted molar refractivity (Wildman–Crippen MR) is 99.7 cm³/mol. The zero-order chi connectivity index (χ0) is 19.7. The molecule has 3 atom stereocenters. The van der Waals surface area contributed by atoms with Gasteiger partial charge in [-0.2, -0.15) is 0 Å². The van der Waals surface area contributed by atoms with Crippen LogP contribution in [0.15, 0.2) is 29.2 Å². The predicted octanol–water partition coefficient (Wildman–Crippen LogP) is 0.449. The van der Waals surface area contributed by atoms with E-state index < -0.39 is 25.9 Å². The Balaban J connectivity index is 1.69. The summed E-state index contributed by atoms with van der Waals surface area (Å²) in [7, 11) is -7.11. The lowest BCUT2D eigenvalue weighted by atomic mass is 10.1.